The molecule has 6 nitrogen and oxygen atoms in total. The lowest BCUT2D eigenvalue weighted by Crippen LogP contribution is -2.40. The number of amides is 2. The standard InChI is InChI=1S/C18H23ClN4O2/c1-12-7-8-13(10-14(12)19)21-18(25)17(24)20-11-16(22(2)3)15-6-5-9-23(15)4/h5-10,16H,11H2,1-4H3,(H,20,24)(H,21,25). The van der Waals surface area contributed by atoms with Gasteiger partial charge in [0.2, 0.25) is 0 Å². The first-order chi connectivity index (χ1) is 11.8. The number of aromatic nitrogens is 1. The second kappa shape index (κ2) is 8.18. The number of nitrogens with one attached hydrogen (secondary N) is 2. The molecule has 2 aromatic rings. The zero-order chi connectivity index (χ0) is 18.6. The molecule has 2 amide bonds. The van der Waals surface area contributed by atoms with Gasteiger partial charge in [0.1, 0.15) is 0 Å². The minimum absolute atomic E-state index is 0.0365. The van der Waals surface area contributed by atoms with Gasteiger partial charge in [0.15, 0.2) is 0 Å². The van der Waals surface area contributed by atoms with Gasteiger partial charge >= 0.3 is 11.8 Å². The van der Waals surface area contributed by atoms with Gasteiger partial charge in [-0.3, -0.25) is 14.5 Å². The molecule has 0 aliphatic carbocycles. The molecule has 0 aliphatic rings. The summed E-state index contributed by atoms with van der Waals surface area (Å²) in [6.45, 7) is 2.19. The van der Waals surface area contributed by atoms with E-state index in [1.54, 1.807) is 18.2 Å². The monoisotopic (exact) mass is 362 g/mol. The van der Waals surface area contributed by atoms with Crippen molar-refractivity contribution in [1.29, 1.82) is 0 Å². The normalized spacial score (nSPS) is 12.1. The van der Waals surface area contributed by atoms with Gasteiger partial charge in [0.25, 0.3) is 0 Å². The highest BCUT2D eigenvalue weighted by molar-refractivity contribution is 6.39. The van der Waals surface area contributed by atoms with E-state index in [1.165, 1.54) is 0 Å². The maximum absolute atomic E-state index is 12.1. The number of likely N-dealkylation sites (N-methyl/N-ethyl adjacent to an activating group) is 1. The predicted octanol–water partition coefficient (Wildman–Crippen LogP) is 2.34. The first-order valence-electron chi connectivity index (χ1n) is 7.92. The molecule has 134 valence electrons. The SMILES string of the molecule is Cc1ccc(NC(=O)C(=O)NCC(c2cccn2C)N(C)C)cc1Cl. The summed E-state index contributed by atoms with van der Waals surface area (Å²) >= 11 is 6.03. The van der Waals surface area contributed by atoms with E-state index in [9.17, 15) is 9.59 Å². The summed E-state index contributed by atoms with van der Waals surface area (Å²) < 4.78 is 1.99. The molecular formula is C18H23ClN4O2. The molecule has 0 fully saturated rings. The van der Waals surface area contributed by atoms with Crippen LogP contribution in [0.15, 0.2) is 36.5 Å². The van der Waals surface area contributed by atoms with E-state index in [-0.39, 0.29) is 6.04 Å². The summed E-state index contributed by atoms with van der Waals surface area (Å²) in [6, 6.07) is 9.01. The highest BCUT2D eigenvalue weighted by Gasteiger charge is 2.20. The van der Waals surface area contributed by atoms with Crippen molar-refractivity contribution in [2.24, 2.45) is 7.05 Å². The minimum Gasteiger partial charge on any atom is -0.353 e. The molecule has 25 heavy (non-hydrogen) atoms. The van der Waals surface area contributed by atoms with E-state index >= 15 is 0 Å². The number of benzene rings is 1. The first kappa shape index (κ1) is 19.0. The summed E-state index contributed by atoms with van der Waals surface area (Å²) in [5.41, 5.74) is 2.44. The Morgan fingerprint density at radius 3 is 2.52 bits per heavy atom. The van der Waals surface area contributed by atoms with Crippen molar-refractivity contribution in [3.8, 4) is 0 Å². The van der Waals surface area contributed by atoms with E-state index in [4.69, 9.17) is 11.6 Å². The van der Waals surface area contributed by atoms with Gasteiger partial charge in [-0.05, 0) is 50.8 Å². The summed E-state index contributed by atoms with van der Waals surface area (Å²) in [7, 11) is 5.80. The topological polar surface area (TPSA) is 66.4 Å². The highest BCUT2D eigenvalue weighted by Crippen LogP contribution is 2.20. The molecule has 1 aromatic heterocycles. The second-order valence-electron chi connectivity index (χ2n) is 6.15. The zero-order valence-corrected chi connectivity index (χ0v) is 15.6. The zero-order valence-electron chi connectivity index (χ0n) is 14.8. The first-order valence-corrected chi connectivity index (χ1v) is 8.30. The largest absolute Gasteiger partial charge is 0.353 e. The lowest BCUT2D eigenvalue weighted by molar-refractivity contribution is -0.136. The Balaban J connectivity index is 1.97. The number of anilines is 1. The Morgan fingerprint density at radius 2 is 1.96 bits per heavy atom. The molecule has 0 aliphatic heterocycles. The lowest BCUT2D eigenvalue weighted by Gasteiger charge is -2.25. The van der Waals surface area contributed by atoms with Crippen LogP contribution in [0.4, 0.5) is 5.69 Å². The third kappa shape index (κ3) is 4.84. The van der Waals surface area contributed by atoms with Crippen molar-refractivity contribution in [2.75, 3.05) is 26.0 Å². The van der Waals surface area contributed by atoms with Crippen LogP contribution in [-0.2, 0) is 16.6 Å². The molecule has 0 radical (unpaired) electrons. The van der Waals surface area contributed by atoms with Crippen LogP contribution in [0.1, 0.15) is 17.3 Å². The van der Waals surface area contributed by atoms with Crippen LogP contribution in [0.2, 0.25) is 5.02 Å². The number of halogens is 1. The van der Waals surface area contributed by atoms with Gasteiger partial charge in [-0.25, -0.2) is 0 Å². The Kier molecular flexibility index (Phi) is 6.22. The predicted molar refractivity (Wildman–Crippen MR) is 99.7 cm³/mol. The Labute approximate surface area is 152 Å². The van der Waals surface area contributed by atoms with Gasteiger partial charge < -0.3 is 15.2 Å². The van der Waals surface area contributed by atoms with Crippen molar-refractivity contribution >= 4 is 29.1 Å². The molecular weight excluding hydrogens is 340 g/mol. The maximum atomic E-state index is 12.1. The molecule has 2 N–H and O–H groups in total. The van der Waals surface area contributed by atoms with Crippen molar-refractivity contribution in [2.45, 2.75) is 13.0 Å². The third-order valence-electron chi connectivity index (χ3n) is 4.04. The van der Waals surface area contributed by atoms with Gasteiger partial charge in [-0.15, -0.1) is 0 Å². The number of nitrogens with zero attached hydrogens (tertiary/aromatic N) is 2. The van der Waals surface area contributed by atoms with Gasteiger partial charge in [0, 0.05) is 36.2 Å². The number of aryl methyl sites for hydroxylation is 2. The average Bonchev–Trinajstić information content (AvgIpc) is 2.96. The van der Waals surface area contributed by atoms with Crippen LogP contribution in [0.25, 0.3) is 0 Å². The summed E-state index contributed by atoms with van der Waals surface area (Å²) in [5, 5.41) is 5.78. The third-order valence-corrected chi connectivity index (χ3v) is 4.45. The van der Waals surface area contributed by atoms with E-state index in [2.05, 4.69) is 10.6 Å². The molecule has 0 spiro atoms. The minimum atomic E-state index is -0.718. The fourth-order valence-corrected chi connectivity index (χ4v) is 2.68. The van der Waals surface area contributed by atoms with Crippen molar-refractivity contribution in [3.05, 3.63) is 52.8 Å². The second-order valence-corrected chi connectivity index (χ2v) is 6.56. The Bertz CT molecular complexity index is 770. The number of hydrogen-bond donors (Lipinski definition) is 2. The quantitative estimate of drug-likeness (QED) is 0.802. The van der Waals surface area contributed by atoms with Crippen molar-refractivity contribution < 1.29 is 9.59 Å². The van der Waals surface area contributed by atoms with Crippen LogP contribution < -0.4 is 10.6 Å². The fourth-order valence-electron chi connectivity index (χ4n) is 2.50. The average molecular weight is 363 g/mol. The molecule has 2 rings (SSSR count). The van der Waals surface area contributed by atoms with Crippen LogP contribution in [-0.4, -0.2) is 41.9 Å². The van der Waals surface area contributed by atoms with Gasteiger partial charge in [-0.2, -0.15) is 0 Å². The van der Waals surface area contributed by atoms with E-state index in [1.807, 2.05) is 55.9 Å². The number of carbonyl (C=O) groups excluding carboxylic acids is 2. The number of carbonyl (C=O) groups is 2. The Hall–Kier alpha value is -2.31. The molecule has 7 heteroatoms. The summed E-state index contributed by atoms with van der Waals surface area (Å²) in [4.78, 5) is 26.2. The molecule has 1 unspecified atom stereocenters. The lowest BCUT2D eigenvalue weighted by atomic mass is 10.2. The van der Waals surface area contributed by atoms with Crippen molar-refractivity contribution in [1.82, 2.24) is 14.8 Å². The molecule has 1 heterocycles. The number of hydrogen-bond acceptors (Lipinski definition) is 3. The van der Waals surface area contributed by atoms with E-state index in [0.29, 0.717) is 17.3 Å². The molecule has 1 aromatic carbocycles. The number of rotatable bonds is 5. The molecule has 0 saturated heterocycles. The van der Waals surface area contributed by atoms with Crippen LogP contribution in [0.5, 0.6) is 0 Å². The highest BCUT2D eigenvalue weighted by atomic mass is 35.5. The van der Waals surface area contributed by atoms with E-state index in [0.717, 1.165) is 11.3 Å². The van der Waals surface area contributed by atoms with E-state index < -0.39 is 11.8 Å². The smallest absolute Gasteiger partial charge is 0.313 e. The summed E-state index contributed by atoms with van der Waals surface area (Å²) in [6.07, 6.45) is 1.95. The maximum Gasteiger partial charge on any atom is 0.313 e. The van der Waals surface area contributed by atoms with Gasteiger partial charge in [0.05, 0.1) is 6.04 Å². The van der Waals surface area contributed by atoms with Gasteiger partial charge in [-0.1, -0.05) is 17.7 Å². The van der Waals surface area contributed by atoms with Crippen LogP contribution >= 0.6 is 11.6 Å². The summed E-state index contributed by atoms with van der Waals surface area (Å²) in [5.74, 6) is -1.40. The van der Waals surface area contributed by atoms with Crippen LogP contribution in [0.3, 0.4) is 0 Å². The molecule has 0 saturated carbocycles. The fraction of sp³-hybridized carbons (Fsp3) is 0.333. The molecule has 1 atom stereocenters. The molecule has 0 bridgehead atoms. The Morgan fingerprint density at radius 1 is 1.24 bits per heavy atom. The van der Waals surface area contributed by atoms with Crippen LogP contribution in [0, 0.1) is 6.92 Å². The van der Waals surface area contributed by atoms with Crippen molar-refractivity contribution in [3.63, 3.8) is 0 Å².